The molecule has 1 aliphatic heterocycles. The lowest BCUT2D eigenvalue weighted by Gasteiger charge is -2.59. The van der Waals surface area contributed by atoms with Gasteiger partial charge in [-0.3, -0.25) is 0 Å². The van der Waals surface area contributed by atoms with Crippen molar-refractivity contribution in [3.8, 4) is 0 Å². The molecule has 0 aromatic rings. The fourth-order valence-electron chi connectivity index (χ4n) is 7.66. The van der Waals surface area contributed by atoms with Gasteiger partial charge in [0.1, 0.15) is 0 Å². The van der Waals surface area contributed by atoms with E-state index in [9.17, 15) is 5.11 Å². The van der Waals surface area contributed by atoms with Crippen molar-refractivity contribution < 1.29 is 14.6 Å². The Balaban J connectivity index is 1.51. The van der Waals surface area contributed by atoms with Gasteiger partial charge in [-0.15, -0.1) is 0 Å². The highest BCUT2D eigenvalue weighted by molar-refractivity contribution is 5.36. The van der Waals surface area contributed by atoms with E-state index >= 15 is 0 Å². The Hall–Kier alpha value is -0.640. The molecule has 3 heteroatoms. The molecule has 5 rings (SSSR count). The summed E-state index contributed by atoms with van der Waals surface area (Å²) < 4.78 is 12.1. The maximum absolute atomic E-state index is 11.5. The highest BCUT2D eigenvalue weighted by Crippen LogP contribution is 2.66. The van der Waals surface area contributed by atoms with Crippen LogP contribution < -0.4 is 0 Å². The zero-order valence-corrected chi connectivity index (χ0v) is 17.5. The van der Waals surface area contributed by atoms with Crippen molar-refractivity contribution in [3.63, 3.8) is 0 Å². The maximum Gasteiger partial charge on any atom is 0.169 e. The molecule has 5 aliphatic rings. The number of fused-ring (bicyclic) bond motifs is 5. The number of allylic oxidation sites excluding steroid dienone is 3. The third-order valence-corrected chi connectivity index (χ3v) is 9.36. The van der Waals surface area contributed by atoms with Gasteiger partial charge in [-0.05, 0) is 68.6 Å². The second kappa shape index (κ2) is 5.93. The van der Waals surface area contributed by atoms with Crippen LogP contribution in [-0.2, 0) is 9.47 Å². The van der Waals surface area contributed by atoms with Gasteiger partial charge in [-0.25, -0.2) is 0 Å². The zero-order chi connectivity index (χ0) is 19.0. The predicted molar refractivity (Wildman–Crippen MR) is 106 cm³/mol. The van der Waals surface area contributed by atoms with E-state index in [-0.39, 0.29) is 22.9 Å². The van der Waals surface area contributed by atoms with Crippen LogP contribution in [0.4, 0.5) is 0 Å². The summed E-state index contributed by atoms with van der Waals surface area (Å²) in [5, 5.41) is 11.5. The van der Waals surface area contributed by atoms with Gasteiger partial charge in [0.25, 0.3) is 0 Å². The molecule has 3 nitrogen and oxygen atoms in total. The lowest BCUT2D eigenvalue weighted by atomic mass is 9.47. The monoisotopic (exact) mass is 372 g/mol. The van der Waals surface area contributed by atoms with Crippen molar-refractivity contribution in [1.29, 1.82) is 0 Å². The Morgan fingerprint density at radius 1 is 1.07 bits per heavy atom. The molecule has 7 unspecified atom stereocenters. The van der Waals surface area contributed by atoms with Crippen LogP contribution in [0.15, 0.2) is 23.3 Å². The number of hydrogen-bond donors (Lipinski definition) is 1. The highest BCUT2D eigenvalue weighted by Gasteiger charge is 2.63. The molecule has 0 amide bonds. The molecular weight excluding hydrogens is 336 g/mol. The van der Waals surface area contributed by atoms with E-state index < -0.39 is 5.79 Å². The molecule has 1 N–H and O–H groups in total. The number of aliphatic hydroxyl groups excluding tert-OH is 1. The van der Waals surface area contributed by atoms with Crippen molar-refractivity contribution in [3.05, 3.63) is 23.3 Å². The molecule has 2 saturated carbocycles. The summed E-state index contributed by atoms with van der Waals surface area (Å²) in [5.41, 5.74) is 3.25. The van der Waals surface area contributed by atoms with Crippen LogP contribution in [0.2, 0.25) is 0 Å². The minimum atomic E-state index is -0.555. The minimum Gasteiger partial charge on any atom is -0.392 e. The van der Waals surface area contributed by atoms with E-state index in [0.717, 1.165) is 25.2 Å². The van der Waals surface area contributed by atoms with Gasteiger partial charge in [0.15, 0.2) is 5.79 Å². The van der Waals surface area contributed by atoms with Crippen molar-refractivity contribution in [2.24, 2.45) is 34.5 Å². The smallest absolute Gasteiger partial charge is 0.169 e. The Morgan fingerprint density at radius 2 is 1.81 bits per heavy atom. The van der Waals surface area contributed by atoms with Crippen LogP contribution >= 0.6 is 0 Å². The average Bonchev–Trinajstić information content (AvgIpc) is 3.22. The van der Waals surface area contributed by atoms with Crippen LogP contribution in [0.3, 0.4) is 0 Å². The SMILES string of the molecule is CC1CCC2(C)C(=CCC3C4=CCC(C5(C)OCCO5)C4(C)C(O)CC32)C1. The molecule has 7 atom stereocenters. The largest absolute Gasteiger partial charge is 0.392 e. The summed E-state index contributed by atoms with van der Waals surface area (Å²) in [6.45, 7) is 10.6. The molecule has 1 saturated heterocycles. The van der Waals surface area contributed by atoms with E-state index in [1.807, 2.05) is 0 Å². The van der Waals surface area contributed by atoms with Crippen LogP contribution in [0.25, 0.3) is 0 Å². The Kier molecular flexibility index (Phi) is 4.04. The summed E-state index contributed by atoms with van der Waals surface area (Å²) in [5.74, 6) is 1.63. The summed E-state index contributed by atoms with van der Waals surface area (Å²) in [6.07, 6.45) is 11.6. The third kappa shape index (κ3) is 2.37. The van der Waals surface area contributed by atoms with Crippen molar-refractivity contribution in [2.45, 2.75) is 78.1 Å². The lowest BCUT2D eigenvalue weighted by molar-refractivity contribution is -0.218. The first kappa shape index (κ1) is 18.4. The van der Waals surface area contributed by atoms with E-state index in [2.05, 4.69) is 39.8 Å². The lowest BCUT2D eigenvalue weighted by Crippen LogP contribution is -2.56. The summed E-state index contributed by atoms with van der Waals surface area (Å²) in [4.78, 5) is 0. The standard InChI is InChI=1S/C24H36O3/c1-15-9-10-22(2)16(13-15)5-6-17-18-7-8-20(24(4)26-11-12-27-24)23(18,3)21(25)14-19(17)22/h5,7,15,17,19-21,25H,6,8-14H2,1-4H3. The normalized spacial score (nSPS) is 51.1. The van der Waals surface area contributed by atoms with Gasteiger partial charge >= 0.3 is 0 Å². The number of rotatable bonds is 1. The van der Waals surface area contributed by atoms with Gasteiger partial charge in [0.2, 0.25) is 0 Å². The van der Waals surface area contributed by atoms with Crippen LogP contribution in [0, 0.1) is 34.5 Å². The second-order valence-electron chi connectivity index (χ2n) is 10.6. The van der Waals surface area contributed by atoms with Gasteiger partial charge in [-0.2, -0.15) is 0 Å². The number of ether oxygens (including phenoxy) is 2. The first-order valence-corrected chi connectivity index (χ1v) is 11.1. The van der Waals surface area contributed by atoms with Gasteiger partial charge in [0, 0.05) is 11.3 Å². The minimum absolute atomic E-state index is 0.211. The predicted octanol–water partition coefficient (Wildman–Crippen LogP) is 4.86. The molecule has 27 heavy (non-hydrogen) atoms. The summed E-state index contributed by atoms with van der Waals surface area (Å²) in [7, 11) is 0. The fourth-order valence-corrected chi connectivity index (χ4v) is 7.66. The molecule has 0 spiro atoms. The first-order valence-electron chi connectivity index (χ1n) is 11.1. The van der Waals surface area contributed by atoms with Crippen LogP contribution in [-0.4, -0.2) is 30.2 Å². The third-order valence-electron chi connectivity index (χ3n) is 9.36. The van der Waals surface area contributed by atoms with Gasteiger partial charge in [-0.1, -0.05) is 44.1 Å². The average molecular weight is 373 g/mol. The zero-order valence-electron chi connectivity index (χ0n) is 17.5. The Morgan fingerprint density at radius 3 is 2.56 bits per heavy atom. The van der Waals surface area contributed by atoms with Gasteiger partial charge < -0.3 is 14.6 Å². The summed E-state index contributed by atoms with van der Waals surface area (Å²) in [6, 6.07) is 0. The van der Waals surface area contributed by atoms with E-state index in [1.54, 1.807) is 5.57 Å². The molecular formula is C24H36O3. The molecule has 0 radical (unpaired) electrons. The number of aliphatic hydroxyl groups is 1. The highest BCUT2D eigenvalue weighted by atomic mass is 16.7. The quantitative estimate of drug-likeness (QED) is 0.668. The second-order valence-corrected chi connectivity index (χ2v) is 10.6. The van der Waals surface area contributed by atoms with Crippen molar-refractivity contribution in [2.75, 3.05) is 13.2 Å². The molecule has 0 aromatic carbocycles. The summed E-state index contributed by atoms with van der Waals surface area (Å²) >= 11 is 0. The molecule has 4 aliphatic carbocycles. The van der Waals surface area contributed by atoms with Crippen molar-refractivity contribution in [1.82, 2.24) is 0 Å². The topological polar surface area (TPSA) is 38.7 Å². The van der Waals surface area contributed by atoms with E-state index in [0.29, 0.717) is 25.0 Å². The molecule has 0 aromatic heterocycles. The van der Waals surface area contributed by atoms with Crippen molar-refractivity contribution >= 4 is 0 Å². The van der Waals surface area contributed by atoms with E-state index in [1.165, 1.54) is 24.8 Å². The first-order chi connectivity index (χ1) is 12.8. The van der Waals surface area contributed by atoms with E-state index in [4.69, 9.17) is 9.47 Å². The Bertz CT molecular complexity index is 688. The molecule has 1 heterocycles. The maximum atomic E-state index is 11.5. The Labute approximate surface area is 164 Å². The van der Waals surface area contributed by atoms with Crippen LogP contribution in [0.1, 0.15) is 66.2 Å². The fraction of sp³-hybridized carbons (Fsp3) is 0.833. The van der Waals surface area contributed by atoms with Gasteiger partial charge in [0.05, 0.1) is 19.3 Å². The molecule has 0 bridgehead atoms. The van der Waals surface area contributed by atoms with Crippen LogP contribution in [0.5, 0.6) is 0 Å². The molecule has 150 valence electrons. The number of hydrogen-bond acceptors (Lipinski definition) is 3. The molecule has 3 fully saturated rings.